The van der Waals surface area contributed by atoms with Crippen LogP contribution in [0.25, 0.3) is 0 Å². The van der Waals surface area contributed by atoms with Crippen molar-refractivity contribution in [3.8, 4) is 0 Å². The number of imidazole rings is 1. The van der Waals surface area contributed by atoms with Crippen molar-refractivity contribution in [1.82, 2.24) is 14.5 Å². The standard InChI is InChI=1S/C18H24FN3O/c1-21-13-20-10-16(21)12-22-8-7-18(23-2)15(11-22)9-14-5-3-4-6-17(14)19/h3-6,10,13,15,18H,7-9,11-12H2,1-2H3/t15-,18+/m1/s1. The van der Waals surface area contributed by atoms with E-state index in [4.69, 9.17) is 4.74 Å². The number of aryl methyl sites for hydroxylation is 1. The SMILES string of the molecule is CO[C@H]1CCN(Cc2cncn2C)C[C@H]1Cc1ccccc1F. The number of likely N-dealkylation sites (tertiary alicyclic amines) is 1. The van der Waals surface area contributed by atoms with Crippen LogP contribution in [-0.2, 0) is 24.8 Å². The van der Waals surface area contributed by atoms with Crippen LogP contribution in [0.3, 0.4) is 0 Å². The number of piperidine rings is 1. The molecule has 1 aromatic carbocycles. The molecule has 1 aliphatic rings. The van der Waals surface area contributed by atoms with Crippen LogP contribution in [0.2, 0.25) is 0 Å². The first-order valence-electron chi connectivity index (χ1n) is 8.11. The molecule has 0 bridgehead atoms. The molecular weight excluding hydrogens is 293 g/mol. The van der Waals surface area contributed by atoms with Crippen molar-refractivity contribution in [2.24, 2.45) is 13.0 Å². The summed E-state index contributed by atoms with van der Waals surface area (Å²) < 4.78 is 21.7. The van der Waals surface area contributed by atoms with Gasteiger partial charge in [-0.05, 0) is 24.5 Å². The number of nitrogens with zero attached hydrogens (tertiary/aromatic N) is 3. The minimum atomic E-state index is -0.119. The summed E-state index contributed by atoms with van der Waals surface area (Å²) in [5.74, 6) is 0.185. The fourth-order valence-electron chi connectivity index (χ4n) is 3.45. The number of halogens is 1. The van der Waals surface area contributed by atoms with Crippen LogP contribution in [-0.4, -0.2) is 40.8 Å². The summed E-state index contributed by atoms with van der Waals surface area (Å²) in [6, 6.07) is 7.05. The lowest BCUT2D eigenvalue weighted by Crippen LogP contribution is -2.44. The molecule has 5 heteroatoms. The van der Waals surface area contributed by atoms with E-state index >= 15 is 0 Å². The number of ether oxygens (including phenoxy) is 1. The van der Waals surface area contributed by atoms with E-state index in [9.17, 15) is 4.39 Å². The zero-order chi connectivity index (χ0) is 16.2. The first-order chi connectivity index (χ1) is 11.2. The predicted molar refractivity (Wildman–Crippen MR) is 87.5 cm³/mol. The lowest BCUT2D eigenvalue weighted by Gasteiger charge is -2.38. The van der Waals surface area contributed by atoms with Gasteiger partial charge in [0.25, 0.3) is 0 Å². The molecule has 2 aromatic rings. The lowest BCUT2D eigenvalue weighted by molar-refractivity contribution is -0.00920. The molecule has 23 heavy (non-hydrogen) atoms. The molecule has 1 aromatic heterocycles. The van der Waals surface area contributed by atoms with Crippen molar-refractivity contribution in [3.05, 3.63) is 53.9 Å². The highest BCUT2D eigenvalue weighted by Crippen LogP contribution is 2.25. The van der Waals surface area contributed by atoms with E-state index in [1.165, 1.54) is 11.8 Å². The van der Waals surface area contributed by atoms with Gasteiger partial charge in [-0.2, -0.15) is 0 Å². The second-order valence-corrected chi connectivity index (χ2v) is 6.35. The largest absolute Gasteiger partial charge is 0.381 e. The van der Waals surface area contributed by atoms with E-state index in [0.29, 0.717) is 12.3 Å². The average Bonchev–Trinajstić information content (AvgIpc) is 2.95. The van der Waals surface area contributed by atoms with E-state index in [1.807, 2.05) is 36.3 Å². The number of hydrogen-bond acceptors (Lipinski definition) is 3. The first-order valence-corrected chi connectivity index (χ1v) is 8.11. The van der Waals surface area contributed by atoms with Gasteiger partial charge in [0.15, 0.2) is 0 Å². The molecule has 0 spiro atoms. The molecule has 1 aliphatic heterocycles. The maximum Gasteiger partial charge on any atom is 0.126 e. The summed E-state index contributed by atoms with van der Waals surface area (Å²) in [5.41, 5.74) is 1.98. The van der Waals surface area contributed by atoms with Crippen LogP contribution in [0.1, 0.15) is 17.7 Å². The second kappa shape index (κ2) is 7.23. The fraction of sp³-hybridized carbons (Fsp3) is 0.500. The van der Waals surface area contributed by atoms with E-state index in [1.54, 1.807) is 13.2 Å². The van der Waals surface area contributed by atoms with Crippen molar-refractivity contribution in [3.63, 3.8) is 0 Å². The van der Waals surface area contributed by atoms with Crippen LogP contribution < -0.4 is 0 Å². The molecule has 0 aliphatic carbocycles. The van der Waals surface area contributed by atoms with Crippen LogP contribution in [0, 0.1) is 11.7 Å². The summed E-state index contributed by atoms with van der Waals surface area (Å²) in [5, 5.41) is 0. The summed E-state index contributed by atoms with van der Waals surface area (Å²) in [6.07, 6.45) is 5.63. The van der Waals surface area contributed by atoms with E-state index < -0.39 is 0 Å². The third-order valence-electron chi connectivity index (χ3n) is 4.79. The highest BCUT2D eigenvalue weighted by Gasteiger charge is 2.30. The molecular formula is C18H24FN3O. The number of methoxy groups -OCH3 is 1. The molecule has 0 amide bonds. The first kappa shape index (κ1) is 16.1. The third kappa shape index (κ3) is 3.79. The van der Waals surface area contributed by atoms with Gasteiger partial charge in [-0.3, -0.25) is 4.90 Å². The van der Waals surface area contributed by atoms with E-state index in [-0.39, 0.29) is 11.9 Å². The van der Waals surface area contributed by atoms with Crippen LogP contribution >= 0.6 is 0 Å². The quantitative estimate of drug-likeness (QED) is 0.849. The normalized spacial score (nSPS) is 22.4. The maximum atomic E-state index is 14.0. The molecule has 1 saturated heterocycles. The van der Waals surface area contributed by atoms with Crippen molar-refractivity contribution in [2.75, 3.05) is 20.2 Å². The molecule has 124 valence electrons. The van der Waals surface area contributed by atoms with Crippen LogP contribution in [0.5, 0.6) is 0 Å². The topological polar surface area (TPSA) is 30.3 Å². The Hall–Kier alpha value is -1.72. The molecule has 0 radical (unpaired) electrons. The van der Waals surface area contributed by atoms with Crippen molar-refractivity contribution in [2.45, 2.75) is 25.5 Å². The highest BCUT2D eigenvalue weighted by atomic mass is 19.1. The van der Waals surface area contributed by atoms with E-state index in [0.717, 1.165) is 31.6 Å². The molecule has 4 nitrogen and oxygen atoms in total. The van der Waals surface area contributed by atoms with Gasteiger partial charge in [-0.25, -0.2) is 9.37 Å². The van der Waals surface area contributed by atoms with Gasteiger partial charge >= 0.3 is 0 Å². The maximum absolute atomic E-state index is 14.0. The van der Waals surface area contributed by atoms with Crippen molar-refractivity contribution >= 4 is 0 Å². The van der Waals surface area contributed by atoms with Crippen molar-refractivity contribution in [1.29, 1.82) is 0 Å². The minimum Gasteiger partial charge on any atom is -0.381 e. The Morgan fingerprint density at radius 1 is 1.35 bits per heavy atom. The number of hydrogen-bond donors (Lipinski definition) is 0. The van der Waals surface area contributed by atoms with Gasteiger partial charge in [0.1, 0.15) is 5.82 Å². The Morgan fingerprint density at radius 2 is 2.17 bits per heavy atom. The zero-order valence-electron chi connectivity index (χ0n) is 13.8. The monoisotopic (exact) mass is 317 g/mol. The van der Waals surface area contributed by atoms with Gasteiger partial charge in [0, 0.05) is 45.9 Å². The third-order valence-corrected chi connectivity index (χ3v) is 4.79. The molecule has 1 fully saturated rings. The number of aromatic nitrogens is 2. The molecule has 2 atom stereocenters. The number of rotatable bonds is 5. The Bertz CT molecular complexity index is 643. The van der Waals surface area contributed by atoms with Gasteiger partial charge in [-0.15, -0.1) is 0 Å². The predicted octanol–water partition coefficient (Wildman–Crippen LogP) is 2.64. The Labute approximate surface area is 136 Å². The van der Waals surface area contributed by atoms with Gasteiger partial charge in [-0.1, -0.05) is 18.2 Å². The molecule has 2 heterocycles. The highest BCUT2D eigenvalue weighted by molar-refractivity contribution is 5.18. The van der Waals surface area contributed by atoms with Gasteiger partial charge in [0.05, 0.1) is 18.1 Å². The average molecular weight is 317 g/mol. The zero-order valence-corrected chi connectivity index (χ0v) is 13.8. The summed E-state index contributed by atoms with van der Waals surface area (Å²) >= 11 is 0. The second-order valence-electron chi connectivity index (χ2n) is 6.35. The van der Waals surface area contributed by atoms with Gasteiger partial charge < -0.3 is 9.30 Å². The summed E-state index contributed by atoms with van der Waals surface area (Å²) in [4.78, 5) is 6.59. The smallest absolute Gasteiger partial charge is 0.126 e. The Kier molecular flexibility index (Phi) is 5.08. The summed E-state index contributed by atoms with van der Waals surface area (Å²) in [6.45, 7) is 2.79. The number of benzene rings is 1. The van der Waals surface area contributed by atoms with Crippen molar-refractivity contribution < 1.29 is 9.13 Å². The van der Waals surface area contributed by atoms with Gasteiger partial charge in [0.2, 0.25) is 0 Å². The molecule has 0 N–H and O–H groups in total. The molecule has 3 rings (SSSR count). The Balaban J connectivity index is 1.69. The molecule has 0 unspecified atom stereocenters. The Morgan fingerprint density at radius 3 is 2.87 bits per heavy atom. The fourth-order valence-corrected chi connectivity index (χ4v) is 3.45. The molecule has 0 saturated carbocycles. The summed E-state index contributed by atoms with van der Waals surface area (Å²) in [7, 11) is 3.77. The van der Waals surface area contributed by atoms with E-state index in [2.05, 4.69) is 9.88 Å². The lowest BCUT2D eigenvalue weighted by atomic mass is 9.88. The van der Waals surface area contributed by atoms with Crippen LogP contribution in [0.15, 0.2) is 36.8 Å². The van der Waals surface area contributed by atoms with Crippen LogP contribution in [0.4, 0.5) is 4.39 Å². The minimum absolute atomic E-state index is 0.119.